The summed E-state index contributed by atoms with van der Waals surface area (Å²) in [5.41, 5.74) is 0. The summed E-state index contributed by atoms with van der Waals surface area (Å²) in [5.74, 6) is 1.05. The lowest BCUT2D eigenvalue weighted by Crippen LogP contribution is -2.54. The molecule has 3 heterocycles. The molecule has 0 atom stereocenters. The Morgan fingerprint density at radius 2 is 1.54 bits per heavy atom. The predicted octanol–water partition coefficient (Wildman–Crippen LogP) is 1.25. The van der Waals surface area contributed by atoms with Crippen LogP contribution >= 0.6 is 24.0 Å². The summed E-state index contributed by atoms with van der Waals surface area (Å²) in [6.07, 6.45) is 2.96. The van der Waals surface area contributed by atoms with Crippen molar-refractivity contribution >= 4 is 41.8 Å². The largest absolute Gasteiger partial charge is 0.459 e. The van der Waals surface area contributed by atoms with Gasteiger partial charge in [-0.1, -0.05) is 0 Å². The molecule has 2 aromatic heterocycles. The summed E-state index contributed by atoms with van der Waals surface area (Å²) in [7, 11) is 1.71. The summed E-state index contributed by atoms with van der Waals surface area (Å²) in [5, 5.41) is 5.99. The van der Waals surface area contributed by atoms with E-state index in [1.54, 1.807) is 36.2 Å². The number of rotatable bonds is 5. The van der Waals surface area contributed by atoms with Gasteiger partial charge in [0, 0.05) is 46.3 Å². The first-order valence-electron chi connectivity index (χ1n) is 8.79. The molecule has 1 aliphatic heterocycles. The molecule has 28 heavy (non-hydrogen) atoms. The van der Waals surface area contributed by atoms with Gasteiger partial charge in [-0.25, -0.2) is 0 Å². The average molecular weight is 501 g/mol. The van der Waals surface area contributed by atoms with Crippen molar-refractivity contribution in [2.24, 2.45) is 4.99 Å². The summed E-state index contributed by atoms with van der Waals surface area (Å²) < 4.78 is 10.2. The smallest absolute Gasteiger partial charge is 0.289 e. The van der Waals surface area contributed by atoms with Crippen molar-refractivity contribution in [1.29, 1.82) is 0 Å². The Morgan fingerprint density at radius 3 is 2.11 bits per heavy atom. The van der Waals surface area contributed by atoms with Gasteiger partial charge < -0.3 is 29.3 Å². The summed E-state index contributed by atoms with van der Waals surface area (Å²) >= 11 is 0. The van der Waals surface area contributed by atoms with E-state index in [0.29, 0.717) is 45.0 Å². The lowest BCUT2D eigenvalue weighted by molar-refractivity contribution is 0.0657. The molecular formula is C18H24IN5O4. The van der Waals surface area contributed by atoms with Gasteiger partial charge in [0.1, 0.15) is 0 Å². The maximum atomic E-state index is 12.3. The number of carbonyl (C=O) groups is 2. The van der Waals surface area contributed by atoms with E-state index in [9.17, 15) is 9.59 Å². The number of guanidine groups is 1. The number of piperazine rings is 1. The number of carbonyl (C=O) groups excluding carboxylic acids is 2. The molecule has 0 bridgehead atoms. The zero-order valence-corrected chi connectivity index (χ0v) is 17.9. The van der Waals surface area contributed by atoms with Crippen molar-refractivity contribution in [2.45, 2.75) is 0 Å². The van der Waals surface area contributed by atoms with E-state index in [0.717, 1.165) is 5.96 Å². The molecule has 0 spiro atoms. The number of hydrogen-bond acceptors (Lipinski definition) is 5. The van der Waals surface area contributed by atoms with Crippen molar-refractivity contribution in [3.05, 3.63) is 48.3 Å². The molecule has 0 saturated carbocycles. The van der Waals surface area contributed by atoms with Crippen molar-refractivity contribution < 1.29 is 18.4 Å². The molecule has 0 aromatic carbocycles. The minimum Gasteiger partial charge on any atom is -0.459 e. The summed E-state index contributed by atoms with van der Waals surface area (Å²) in [4.78, 5) is 32.2. The Balaban J connectivity index is 0.00000280. The van der Waals surface area contributed by atoms with Crippen LogP contribution in [0.2, 0.25) is 0 Å². The molecule has 2 aromatic rings. The molecule has 9 nitrogen and oxygen atoms in total. The van der Waals surface area contributed by atoms with Crippen LogP contribution in [0.25, 0.3) is 0 Å². The molecule has 0 radical (unpaired) electrons. The highest BCUT2D eigenvalue weighted by Gasteiger charge is 2.25. The number of amides is 2. The topological polar surface area (TPSA) is 103 Å². The predicted molar refractivity (Wildman–Crippen MR) is 114 cm³/mol. The Kier molecular flexibility index (Phi) is 8.36. The van der Waals surface area contributed by atoms with Gasteiger partial charge in [-0.2, -0.15) is 0 Å². The molecule has 10 heteroatoms. The van der Waals surface area contributed by atoms with Crippen LogP contribution in [0.3, 0.4) is 0 Å². The van der Waals surface area contributed by atoms with Crippen molar-refractivity contribution in [3.63, 3.8) is 0 Å². The van der Waals surface area contributed by atoms with Crippen LogP contribution in [-0.4, -0.2) is 73.9 Å². The molecule has 1 saturated heterocycles. The van der Waals surface area contributed by atoms with Gasteiger partial charge in [0.2, 0.25) is 0 Å². The fourth-order valence-corrected chi connectivity index (χ4v) is 2.85. The fraction of sp³-hybridized carbons (Fsp3) is 0.389. The van der Waals surface area contributed by atoms with Crippen LogP contribution in [0.4, 0.5) is 0 Å². The Hall–Kier alpha value is -2.50. The second-order valence-corrected chi connectivity index (χ2v) is 5.96. The van der Waals surface area contributed by atoms with E-state index in [2.05, 4.69) is 20.5 Å². The zero-order valence-electron chi connectivity index (χ0n) is 15.6. The molecule has 152 valence electrons. The monoisotopic (exact) mass is 501 g/mol. The van der Waals surface area contributed by atoms with E-state index in [1.807, 2.05) is 0 Å². The van der Waals surface area contributed by atoms with Crippen molar-refractivity contribution in [1.82, 2.24) is 20.4 Å². The second kappa shape index (κ2) is 10.7. The number of nitrogens with zero attached hydrogens (tertiary/aromatic N) is 3. The highest BCUT2D eigenvalue weighted by Crippen LogP contribution is 2.09. The third kappa shape index (κ3) is 5.50. The number of hydrogen-bond donors (Lipinski definition) is 2. The summed E-state index contributed by atoms with van der Waals surface area (Å²) in [6.45, 7) is 3.50. The van der Waals surface area contributed by atoms with Gasteiger partial charge >= 0.3 is 0 Å². The first kappa shape index (κ1) is 21.8. The second-order valence-electron chi connectivity index (χ2n) is 5.96. The quantitative estimate of drug-likeness (QED) is 0.277. The van der Waals surface area contributed by atoms with Crippen LogP contribution in [0.1, 0.15) is 21.1 Å². The maximum absolute atomic E-state index is 12.3. The molecule has 0 aliphatic carbocycles. The normalized spacial score (nSPS) is 14.4. The van der Waals surface area contributed by atoms with Crippen molar-refractivity contribution in [3.8, 4) is 0 Å². The van der Waals surface area contributed by atoms with Crippen LogP contribution in [0, 0.1) is 0 Å². The van der Waals surface area contributed by atoms with E-state index < -0.39 is 0 Å². The summed E-state index contributed by atoms with van der Waals surface area (Å²) in [6, 6.07) is 6.67. The zero-order chi connectivity index (χ0) is 19.1. The highest BCUT2D eigenvalue weighted by atomic mass is 127. The van der Waals surface area contributed by atoms with Crippen LogP contribution < -0.4 is 10.6 Å². The third-order valence-electron chi connectivity index (χ3n) is 4.25. The lowest BCUT2D eigenvalue weighted by atomic mass is 10.3. The number of nitrogens with one attached hydrogen (secondary N) is 2. The molecule has 2 amide bonds. The molecule has 2 N–H and O–H groups in total. The van der Waals surface area contributed by atoms with E-state index in [1.165, 1.54) is 12.5 Å². The van der Waals surface area contributed by atoms with Crippen LogP contribution in [-0.2, 0) is 0 Å². The van der Waals surface area contributed by atoms with Gasteiger partial charge in [0.25, 0.3) is 11.8 Å². The number of aliphatic imine (C=N–C) groups is 1. The van der Waals surface area contributed by atoms with Crippen LogP contribution in [0.5, 0.6) is 0 Å². The van der Waals surface area contributed by atoms with Crippen molar-refractivity contribution in [2.75, 3.05) is 46.3 Å². The third-order valence-corrected chi connectivity index (χ3v) is 4.25. The molecule has 0 unspecified atom stereocenters. The standard InChI is InChI=1S/C18H23N5O4.HI/c1-19-18(21-7-6-20-16(24)14-4-2-12-26-14)23-10-8-22(9-11-23)17(25)15-5-3-13-27-15;/h2-5,12-13H,6-11H2,1H3,(H,19,21)(H,20,24);1H. The SMILES string of the molecule is CN=C(NCCNC(=O)c1ccco1)N1CCN(C(=O)c2ccco2)CC1.I. The average Bonchev–Trinajstić information content (AvgIpc) is 3.41. The number of halogens is 1. The Bertz CT molecular complexity index is 768. The maximum Gasteiger partial charge on any atom is 0.289 e. The molecule has 1 fully saturated rings. The lowest BCUT2D eigenvalue weighted by Gasteiger charge is -2.36. The Labute approximate surface area is 180 Å². The van der Waals surface area contributed by atoms with Gasteiger partial charge in [-0.15, -0.1) is 24.0 Å². The van der Waals surface area contributed by atoms with E-state index >= 15 is 0 Å². The minimum absolute atomic E-state index is 0. The Morgan fingerprint density at radius 1 is 0.964 bits per heavy atom. The van der Waals surface area contributed by atoms with E-state index in [4.69, 9.17) is 8.83 Å². The van der Waals surface area contributed by atoms with Crippen LogP contribution in [0.15, 0.2) is 50.6 Å². The first-order chi connectivity index (χ1) is 13.2. The fourth-order valence-electron chi connectivity index (χ4n) is 2.85. The van der Waals surface area contributed by atoms with Gasteiger partial charge in [0.15, 0.2) is 17.5 Å². The first-order valence-corrected chi connectivity index (χ1v) is 8.79. The van der Waals surface area contributed by atoms with Gasteiger partial charge in [-0.05, 0) is 24.3 Å². The van der Waals surface area contributed by atoms with Gasteiger partial charge in [0.05, 0.1) is 12.5 Å². The van der Waals surface area contributed by atoms with E-state index in [-0.39, 0.29) is 41.6 Å². The molecule has 1 aliphatic rings. The minimum atomic E-state index is -0.248. The number of furan rings is 2. The van der Waals surface area contributed by atoms with Gasteiger partial charge in [-0.3, -0.25) is 14.6 Å². The molecular weight excluding hydrogens is 477 g/mol. The molecule has 3 rings (SSSR count). The highest BCUT2D eigenvalue weighted by molar-refractivity contribution is 14.0.